The van der Waals surface area contributed by atoms with Crippen molar-refractivity contribution in [2.24, 2.45) is 5.92 Å². The first-order valence-corrected chi connectivity index (χ1v) is 12.2. The number of rotatable bonds is 8. The Morgan fingerprint density at radius 3 is 2.42 bits per heavy atom. The van der Waals surface area contributed by atoms with Crippen LogP contribution < -0.4 is 10.6 Å². The molecule has 3 aromatic rings. The highest BCUT2D eigenvalue weighted by Gasteiger charge is 2.26. The van der Waals surface area contributed by atoms with E-state index in [4.69, 9.17) is 0 Å². The Morgan fingerprint density at radius 1 is 1.03 bits per heavy atom. The number of aromatic nitrogens is 4. The fourth-order valence-electron chi connectivity index (χ4n) is 4.45. The number of piperidine rings is 1. The zero-order valence-corrected chi connectivity index (χ0v) is 20.9. The summed E-state index contributed by atoms with van der Waals surface area (Å²) >= 11 is 0. The first kappa shape index (κ1) is 25.4. The molecule has 0 unspecified atom stereocenters. The summed E-state index contributed by atoms with van der Waals surface area (Å²) < 4.78 is 15.3. The molecular weight excluding hydrogens is 461 g/mol. The maximum atomic E-state index is 13.7. The first-order chi connectivity index (χ1) is 17.3. The van der Waals surface area contributed by atoms with Crippen LogP contribution in [0.4, 0.5) is 10.2 Å². The Labute approximate surface area is 210 Å². The normalized spacial score (nSPS) is 14.6. The van der Waals surface area contributed by atoms with E-state index in [1.807, 2.05) is 31.7 Å². The molecule has 2 aromatic heterocycles. The smallest absolute Gasteiger partial charge is 0.252 e. The molecule has 0 bridgehead atoms. The molecule has 1 fully saturated rings. The maximum Gasteiger partial charge on any atom is 0.252 e. The van der Waals surface area contributed by atoms with Crippen LogP contribution >= 0.6 is 0 Å². The van der Waals surface area contributed by atoms with Crippen LogP contribution in [0.5, 0.6) is 0 Å². The van der Waals surface area contributed by atoms with Crippen molar-refractivity contribution in [2.75, 3.05) is 31.5 Å². The van der Waals surface area contributed by atoms with Gasteiger partial charge in [-0.2, -0.15) is 9.78 Å². The number of benzene rings is 1. The van der Waals surface area contributed by atoms with Gasteiger partial charge in [0.25, 0.3) is 5.95 Å². The number of aryl methyl sites for hydroxylation is 3. The number of carbonyl (C=O) groups is 2. The van der Waals surface area contributed by atoms with Gasteiger partial charge in [-0.05, 0) is 70.8 Å². The summed E-state index contributed by atoms with van der Waals surface area (Å²) in [5.41, 5.74) is 2.98. The Balaban J connectivity index is 1.25. The number of hydrogen-bond acceptors (Lipinski definition) is 6. The zero-order chi connectivity index (χ0) is 25.7. The lowest BCUT2D eigenvalue weighted by Gasteiger charge is -2.30. The van der Waals surface area contributed by atoms with Gasteiger partial charge in [-0.15, -0.1) is 0 Å². The molecule has 1 aliphatic heterocycles. The second kappa shape index (κ2) is 11.4. The van der Waals surface area contributed by atoms with Crippen molar-refractivity contribution in [3.8, 4) is 5.95 Å². The Bertz CT molecular complexity index is 1210. The predicted molar refractivity (Wildman–Crippen MR) is 134 cm³/mol. The van der Waals surface area contributed by atoms with Crippen LogP contribution in [0, 0.1) is 32.5 Å². The van der Waals surface area contributed by atoms with E-state index in [0.29, 0.717) is 56.2 Å². The zero-order valence-electron chi connectivity index (χ0n) is 20.9. The van der Waals surface area contributed by atoms with Crippen LogP contribution in [0.3, 0.4) is 0 Å². The van der Waals surface area contributed by atoms with Crippen LogP contribution in [0.2, 0.25) is 0 Å². The number of amides is 2. The summed E-state index contributed by atoms with van der Waals surface area (Å²) in [5, 5.41) is 10.3. The summed E-state index contributed by atoms with van der Waals surface area (Å²) in [5.74, 6) is 0.412. The molecule has 1 aromatic carbocycles. The molecule has 2 amide bonds. The molecular formula is C26H32FN7O2. The van der Waals surface area contributed by atoms with Crippen molar-refractivity contribution in [3.05, 3.63) is 64.9 Å². The minimum atomic E-state index is -0.252. The Kier molecular flexibility index (Phi) is 8.04. The molecule has 36 heavy (non-hydrogen) atoms. The summed E-state index contributed by atoms with van der Waals surface area (Å²) in [7, 11) is 0. The number of halogens is 1. The Morgan fingerprint density at radius 2 is 1.72 bits per heavy atom. The van der Waals surface area contributed by atoms with E-state index >= 15 is 0 Å². The molecule has 0 spiro atoms. The number of nitrogens with zero attached hydrogens (tertiary/aromatic N) is 5. The van der Waals surface area contributed by atoms with Gasteiger partial charge in [-0.3, -0.25) is 14.5 Å². The molecule has 0 radical (unpaired) electrons. The molecule has 0 saturated carbocycles. The van der Waals surface area contributed by atoms with Crippen LogP contribution in [0.15, 0.2) is 36.4 Å². The number of carbonyl (C=O) groups excluding carboxylic acids is 2. The van der Waals surface area contributed by atoms with Crippen LogP contribution in [0.1, 0.15) is 35.5 Å². The number of likely N-dealkylation sites (tertiary alicyclic amines) is 1. The summed E-state index contributed by atoms with van der Waals surface area (Å²) in [6.07, 6.45) is 1.80. The highest BCUT2D eigenvalue weighted by Crippen LogP contribution is 2.19. The number of nitrogens with one attached hydrogen (secondary N) is 2. The minimum absolute atomic E-state index is 0.0109. The van der Waals surface area contributed by atoms with Gasteiger partial charge in [-0.1, -0.05) is 18.2 Å². The quantitative estimate of drug-likeness (QED) is 0.500. The second-order valence-electron chi connectivity index (χ2n) is 9.26. The van der Waals surface area contributed by atoms with Crippen molar-refractivity contribution < 1.29 is 14.0 Å². The van der Waals surface area contributed by atoms with Gasteiger partial charge in [0, 0.05) is 29.9 Å². The minimum Gasteiger partial charge on any atom is -0.356 e. The van der Waals surface area contributed by atoms with Gasteiger partial charge in [-0.25, -0.2) is 14.4 Å². The predicted octanol–water partition coefficient (Wildman–Crippen LogP) is 2.74. The van der Waals surface area contributed by atoms with Crippen LogP contribution in [0.25, 0.3) is 5.95 Å². The van der Waals surface area contributed by atoms with Crippen LogP contribution in [-0.4, -0.2) is 62.6 Å². The van der Waals surface area contributed by atoms with Crippen LogP contribution in [-0.2, 0) is 16.0 Å². The summed E-state index contributed by atoms with van der Waals surface area (Å²) in [6.45, 7) is 7.55. The average molecular weight is 494 g/mol. The van der Waals surface area contributed by atoms with Crippen molar-refractivity contribution in [1.82, 2.24) is 30.0 Å². The third kappa shape index (κ3) is 6.51. The third-order valence-electron chi connectivity index (χ3n) is 6.24. The van der Waals surface area contributed by atoms with E-state index in [-0.39, 0.29) is 30.1 Å². The molecule has 0 aliphatic carbocycles. The topological polar surface area (TPSA) is 105 Å². The van der Waals surface area contributed by atoms with Crippen molar-refractivity contribution in [2.45, 2.75) is 40.0 Å². The second-order valence-corrected chi connectivity index (χ2v) is 9.26. The number of hydrogen-bond donors (Lipinski definition) is 2. The van der Waals surface area contributed by atoms with Crippen molar-refractivity contribution in [3.63, 3.8) is 0 Å². The van der Waals surface area contributed by atoms with Crippen molar-refractivity contribution in [1.29, 1.82) is 0 Å². The first-order valence-electron chi connectivity index (χ1n) is 12.2. The maximum absolute atomic E-state index is 13.7. The third-order valence-corrected chi connectivity index (χ3v) is 6.24. The molecule has 10 heteroatoms. The number of anilines is 1. The standard InChI is InChI=1S/C26H32FN7O2/c1-17-14-18(2)30-26(29-17)34-23(15-19(3)32-34)31-24(35)16-33-12-9-21(10-13-33)25(36)28-11-8-20-6-4-5-7-22(20)27/h4-7,14-15,21H,8-13,16H2,1-3H3,(H,28,36)(H,31,35). The fraction of sp³-hybridized carbons (Fsp3) is 0.423. The lowest BCUT2D eigenvalue weighted by molar-refractivity contribution is -0.126. The lowest BCUT2D eigenvalue weighted by atomic mass is 9.96. The molecule has 2 N–H and O–H groups in total. The van der Waals surface area contributed by atoms with Gasteiger partial charge in [0.1, 0.15) is 11.6 Å². The van der Waals surface area contributed by atoms with E-state index in [1.54, 1.807) is 28.9 Å². The highest BCUT2D eigenvalue weighted by molar-refractivity contribution is 5.91. The molecule has 9 nitrogen and oxygen atoms in total. The van der Waals surface area contributed by atoms with Gasteiger partial charge < -0.3 is 10.6 Å². The molecule has 0 atom stereocenters. The average Bonchev–Trinajstić information content (AvgIpc) is 3.19. The lowest BCUT2D eigenvalue weighted by Crippen LogP contribution is -2.43. The van der Waals surface area contributed by atoms with Gasteiger partial charge in [0.2, 0.25) is 11.8 Å². The summed E-state index contributed by atoms with van der Waals surface area (Å²) in [4.78, 5) is 36.2. The SMILES string of the molecule is Cc1cc(C)nc(-n2nc(C)cc2NC(=O)CN2CCC(C(=O)NCCc3ccccc3F)CC2)n1. The summed E-state index contributed by atoms with van der Waals surface area (Å²) in [6, 6.07) is 10.3. The van der Waals surface area contributed by atoms with E-state index in [0.717, 1.165) is 17.1 Å². The monoisotopic (exact) mass is 493 g/mol. The van der Waals surface area contributed by atoms with E-state index in [1.165, 1.54) is 6.07 Å². The molecule has 190 valence electrons. The van der Waals surface area contributed by atoms with Gasteiger partial charge >= 0.3 is 0 Å². The Hall–Kier alpha value is -3.66. The highest BCUT2D eigenvalue weighted by atomic mass is 19.1. The van der Waals surface area contributed by atoms with Gasteiger partial charge in [0.15, 0.2) is 0 Å². The molecule has 4 rings (SSSR count). The molecule has 3 heterocycles. The largest absolute Gasteiger partial charge is 0.356 e. The molecule has 1 aliphatic rings. The van der Waals surface area contributed by atoms with E-state index < -0.39 is 0 Å². The van der Waals surface area contributed by atoms with E-state index in [2.05, 4.69) is 25.7 Å². The van der Waals surface area contributed by atoms with Gasteiger partial charge in [0.05, 0.1) is 12.2 Å². The van der Waals surface area contributed by atoms with Crippen molar-refractivity contribution >= 4 is 17.6 Å². The fourth-order valence-corrected chi connectivity index (χ4v) is 4.45. The van der Waals surface area contributed by atoms with E-state index in [9.17, 15) is 14.0 Å². The molecule has 1 saturated heterocycles.